The number of nitrogens with one attached hydrogen (secondary N) is 2. The molecule has 0 spiro atoms. The number of fused-ring (bicyclic) bond motifs is 8. The number of hydrogen-bond donors (Lipinski definition) is 2. The Labute approximate surface area is 297 Å². The van der Waals surface area contributed by atoms with Crippen molar-refractivity contribution in [1.29, 1.82) is 0 Å². The number of aryl methyl sites for hydroxylation is 3. The van der Waals surface area contributed by atoms with E-state index in [1.54, 1.807) is 14.2 Å². The quantitative estimate of drug-likeness (QED) is 0.132. The lowest BCUT2D eigenvalue weighted by atomic mass is 9.84. The van der Waals surface area contributed by atoms with Crippen molar-refractivity contribution in [1.82, 2.24) is 19.9 Å². The number of methoxy groups -OCH3 is 5. The Balaban J connectivity index is 2.01. The van der Waals surface area contributed by atoms with Gasteiger partial charge in [0.25, 0.3) is 0 Å². The summed E-state index contributed by atoms with van der Waals surface area (Å²) in [5.41, 5.74) is 11.2. The van der Waals surface area contributed by atoms with Crippen molar-refractivity contribution < 1.29 is 38.1 Å². The van der Waals surface area contributed by atoms with Gasteiger partial charge in [0.05, 0.1) is 50.4 Å². The highest BCUT2D eigenvalue weighted by Gasteiger charge is 2.36. The predicted octanol–water partition coefficient (Wildman–Crippen LogP) is 6.32. The van der Waals surface area contributed by atoms with Crippen LogP contribution in [0.1, 0.15) is 96.0 Å². The van der Waals surface area contributed by atoms with Gasteiger partial charge < -0.3 is 33.7 Å². The highest BCUT2D eigenvalue weighted by Crippen LogP contribution is 2.44. The second-order valence-corrected chi connectivity index (χ2v) is 13.0. The van der Waals surface area contributed by atoms with Crippen LogP contribution >= 0.6 is 0 Å². The number of hydrogen-bond acceptors (Lipinski definition) is 10. The SMILES string of the molecule is CCc1c(C)c2cc3[nH]c(cc4nc(c(CC(=O)OC)c5nc(cc1[nH]2)C(C)=C5C(=O)OC)[C@@H](CCC(=O)OC)[C@@H]4C)c(C)c3CC(OC)OC. The summed E-state index contributed by atoms with van der Waals surface area (Å²) in [6.45, 7) is 10.1. The second kappa shape index (κ2) is 15.6. The van der Waals surface area contributed by atoms with E-state index in [4.69, 9.17) is 33.7 Å². The van der Waals surface area contributed by atoms with Crippen LogP contribution in [0.2, 0.25) is 0 Å². The van der Waals surface area contributed by atoms with Gasteiger partial charge in [0.1, 0.15) is 0 Å². The molecule has 5 heterocycles. The molecule has 0 aromatic carbocycles. The largest absolute Gasteiger partial charge is 0.469 e. The Bertz CT molecular complexity index is 2050. The Hall–Kier alpha value is -4.81. The van der Waals surface area contributed by atoms with Gasteiger partial charge in [-0.2, -0.15) is 0 Å². The maximum atomic E-state index is 13.5. The van der Waals surface area contributed by atoms with Gasteiger partial charge in [0.15, 0.2) is 6.29 Å². The summed E-state index contributed by atoms with van der Waals surface area (Å²) in [4.78, 5) is 56.5. The van der Waals surface area contributed by atoms with Gasteiger partial charge in [-0.05, 0) is 79.6 Å². The van der Waals surface area contributed by atoms with Crippen molar-refractivity contribution in [2.24, 2.45) is 0 Å². The zero-order chi connectivity index (χ0) is 37.1. The van der Waals surface area contributed by atoms with E-state index >= 15 is 0 Å². The van der Waals surface area contributed by atoms with Crippen LogP contribution in [0.4, 0.5) is 0 Å². The Morgan fingerprint density at radius 2 is 1.41 bits per heavy atom. The van der Waals surface area contributed by atoms with E-state index in [1.165, 1.54) is 21.3 Å². The summed E-state index contributed by atoms with van der Waals surface area (Å²) in [6.07, 6.45) is 1.12. The molecule has 8 bridgehead atoms. The molecule has 0 fully saturated rings. The number of allylic oxidation sites excluding steroid dienone is 1. The first kappa shape index (κ1) is 37.4. The fraction of sp³-hybridized carbons (Fsp3) is 0.462. The number of esters is 3. The molecule has 12 nitrogen and oxygen atoms in total. The minimum atomic E-state index is -0.581. The molecule has 2 atom stereocenters. The maximum Gasteiger partial charge on any atom is 0.340 e. The third kappa shape index (κ3) is 7.20. The van der Waals surface area contributed by atoms with Crippen molar-refractivity contribution >= 4 is 51.1 Å². The fourth-order valence-corrected chi connectivity index (χ4v) is 7.24. The summed E-state index contributed by atoms with van der Waals surface area (Å²) < 4.78 is 26.7. The molecule has 3 aromatic heterocycles. The summed E-state index contributed by atoms with van der Waals surface area (Å²) >= 11 is 0. The minimum absolute atomic E-state index is 0.133. The van der Waals surface area contributed by atoms with Crippen LogP contribution in [0.25, 0.3) is 33.2 Å². The molecule has 0 radical (unpaired) electrons. The molecule has 0 aliphatic carbocycles. The summed E-state index contributed by atoms with van der Waals surface area (Å²) in [6, 6.07) is 6.06. The molecule has 2 N–H and O–H groups in total. The van der Waals surface area contributed by atoms with Crippen LogP contribution in [0.3, 0.4) is 0 Å². The molecule has 3 aromatic rings. The molecular formula is C39H48N4O8. The molecule has 2 aliphatic rings. The second-order valence-electron chi connectivity index (χ2n) is 13.0. The van der Waals surface area contributed by atoms with Gasteiger partial charge in [-0.3, -0.25) is 14.6 Å². The molecule has 0 unspecified atom stereocenters. The Morgan fingerprint density at radius 3 is 2.02 bits per heavy atom. The molecule has 272 valence electrons. The van der Waals surface area contributed by atoms with Crippen LogP contribution in [-0.2, 0) is 57.3 Å². The van der Waals surface area contributed by atoms with Crippen molar-refractivity contribution in [3.05, 3.63) is 68.8 Å². The average molecular weight is 701 g/mol. The molecular weight excluding hydrogens is 652 g/mol. The lowest BCUT2D eigenvalue weighted by molar-refractivity contribution is -0.141. The molecule has 5 rings (SSSR count). The topological polar surface area (TPSA) is 155 Å². The summed E-state index contributed by atoms with van der Waals surface area (Å²) in [7, 11) is 7.24. The molecule has 0 saturated carbocycles. The smallest absolute Gasteiger partial charge is 0.340 e. The number of aromatic nitrogens is 4. The lowest BCUT2D eigenvalue weighted by Crippen LogP contribution is -2.16. The number of carbonyl (C=O) groups excluding carboxylic acids is 3. The van der Waals surface area contributed by atoms with E-state index in [2.05, 4.69) is 36.8 Å². The number of H-pyrrole nitrogens is 2. The third-order valence-corrected chi connectivity index (χ3v) is 10.3. The van der Waals surface area contributed by atoms with Crippen LogP contribution in [0.5, 0.6) is 0 Å². The molecule has 51 heavy (non-hydrogen) atoms. The maximum absolute atomic E-state index is 13.5. The van der Waals surface area contributed by atoms with Crippen LogP contribution in [-0.4, -0.2) is 79.7 Å². The highest BCUT2D eigenvalue weighted by atomic mass is 16.7. The molecule has 12 heteroatoms. The van der Waals surface area contributed by atoms with Gasteiger partial charge in [0.2, 0.25) is 0 Å². The zero-order valence-corrected chi connectivity index (χ0v) is 31.2. The van der Waals surface area contributed by atoms with Crippen molar-refractivity contribution in [2.45, 2.75) is 84.8 Å². The van der Waals surface area contributed by atoms with Crippen molar-refractivity contribution in [3.8, 4) is 0 Å². The van der Waals surface area contributed by atoms with E-state index < -0.39 is 18.2 Å². The number of carbonyl (C=O) groups is 3. The third-order valence-electron chi connectivity index (χ3n) is 10.3. The first-order chi connectivity index (χ1) is 24.4. The van der Waals surface area contributed by atoms with Gasteiger partial charge in [0, 0.05) is 72.2 Å². The Morgan fingerprint density at radius 1 is 0.784 bits per heavy atom. The van der Waals surface area contributed by atoms with E-state index in [0.29, 0.717) is 41.1 Å². The number of rotatable bonds is 11. The summed E-state index contributed by atoms with van der Waals surface area (Å²) in [5.74, 6) is -1.95. The number of ether oxygens (including phenoxy) is 5. The van der Waals surface area contributed by atoms with Crippen LogP contribution < -0.4 is 0 Å². The summed E-state index contributed by atoms with van der Waals surface area (Å²) in [5, 5.41) is 0. The normalized spacial score (nSPS) is 15.7. The van der Waals surface area contributed by atoms with Gasteiger partial charge in [-0.25, -0.2) is 9.78 Å². The van der Waals surface area contributed by atoms with Gasteiger partial charge >= 0.3 is 17.9 Å². The first-order valence-electron chi connectivity index (χ1n) is 17.1. The lowest BCUT2D eigenvalue weighted by Gasteiger charge is -2.18. The minimum Gasteiger partial charge on any atom is -0.469 e. The standard InChI is InChI=1S/C39H48N4O8/c1-11-23-19(2)28-17-32-25(15-35(49-8)50-9)21(4)27(41-32)16-29-20(3)24(12-13-33(44)47-6)37(42-29)26(14-34(45)48-7)38-36(39(46)51-10)22(5)30(43-38)18-31(23)40-28/h16-18,20,24,35,40-41H,11-15H2,1-10H3/t20-,24-/m0/s1. The van der Waals surface area contributed by atoms with E-state index in [9.17, 15) is 14.4 Å². The number of nitrogens with zero attached hydrogens (tertiary/aromatic N) is 2. The van der Waals surface area contributed by atoms with E-state index in [1.807, 2.05) is 26.0 Å². The van der Waals surface area contributed by atoms with Crippen molar-refractivity contribution in [3.63, 3.8) is 0 Å². The number of aromatic amines is 2. The van der Waals surface area contributed by atoms with Gasteiger partial charge in [-0.15, -0.1) is 0 Å². The first-order valence-corrected chi connectivity index (χ1v) is 17.1. The predicted molar refractivity (Wildman–Crippen MR) is 194 cm³/mol. The highest BCUT2D eigenvalue weighted by molar-refractivity contribution is 6.25. The Kier molecular flexibility index (Phi) is 11.5. The van der Waals surface area contributed by atoms with Crippen LogP contribution in [0, 0.1) is 13.8 Å². The average Bonchev–Trinajstić information content (AvgIpc) is 3.81. The van der Waals surface area contributed by atoms with E-state index in [-0.39, 0.29) is 36.2 Å². The molecule has 0 amide bonds. The van der Waals surface area contributed by atoms with E-state index in [0.717, 1.165) is 56.4 Å². The monoisotopic (exact) mass is 700 g/mol. The fourth-order valence-electron chi connectivity index (χ4n) is 7.24. The molecule has 2 aliphatic heterocycles. The van der Waals surface area contributed by atoms with Gasteiger partial charge in [-0.1, -0.05) is 13.8 Å². The zero-order valence-electron chi connectivity index (χ0n) is 31.2. The van der Waals surface area contributed by atoms with Crippen LogP contribution in [0.15, 0.2) is 18.2 Å². The molecule has 0 saturated heterocycles. The van der Waals surface area contributed by atoms with Crippen molar-refractivity contribution in [2.75, 3.05) is 35.5 Å².